The highest BCUT2D eigenvalue weighted by molar-refractivity contribution is 6.01. The molecule has 0 heterocycles. The fourth-order valence-electron chi connectivity index (χ4n) is 1.12. The second-order valence-electron chi connectivity index (χ2n) is 3.92. The molecule has 0 aromatic heterocycles. The van der Waals surface area contributed by atoms with Crippen LogP contribution in [-0.2, 0) is 14.4 Å². The van der Waals surface area contributed by atoms with Crippen LogP contribution in [0.25, 0.3) is 0 Å². The van der Waals surface area contributed by atoms with E-state index in [2.05, 4.69) is 0 Å². The summed E-state index contributed by atoms with van der Waals surface area (Å²) in [6.45, 7) is 5.20. The zero-order valence-electron chi connectivity index (χ0n) is 9.45. The Morgan fingerprint density at radius 1 is 1.07 bits per heavy atom. The number of ketones is 2. The van der Waals surface area contributed by atoms with Crippen molar-refractivity contribution >= 4 is 17.5 Å². The summed E-state index contributed by atoms with van der Waals surface area (Å²) in [7, 11) is 0. The highest BCUT2D eigenvalue weighted by Gasteiger charge is 2.21. The summed E-state index contributed by atoms with van der Waals surface area (Å²) in [5.74, 6) is -2.07. The number of hydrogen-bond donors (Lipinski definition) is 1. The summed E-state index contributed by atoms with van der Waals surface area (Å²) in [4.78, 5) is 33.2. The van der Waals surface area contributed by atoms with Gasteiger partial charge in [0.05, 0.1) is 12.8 Å². The van der Waals surface area contributed by atoms with E-state index in [4.69, 9.17) is 5.11 Å². The van der Waals surface area contributed by atoms with Crippen LogP contribution in [0, 0.1) is 11.8 Å². The molecule has 0 bridgehead atoms. The number of rotatable bonds is 7. The van der Waals surface area contributed by atoms with Crippen molar-refractivity contribution in [1.82, 2.24) is 0 Å². The molecule has 0 saturated carbocycles. The Kier molecular flexibility index (Phi) is 5.82. The summed E-state index contributed by atoms with van der Waals surface area (Å²) in [6, 6.07) is 0. The van der Waals surface area contributed by atoms with E-state index in [0.29, 0.717) is 6.42 Å². The second-order valence-corrected chi connectivity index (χ2v) is 3.92. The molecular formula is C11H18O4. The molecule has 0 aliphatic rings. The van der Waals surface area contributed by atoms with Gasteiger partial charge < -0.3 is 5.11 Å². The third-order valence-corrected chi connectivity index (χ3v) is 2.54. The quantitative estimate of drug-likeness (QED) is 0.654. The Morgan fingerprint density at radius 3 is 1.93 bits per heavy atom. The molecule has 86 valence electrons. The molecule has 4 heteroatoms. The van der Waals surface area contributed by atoms with E-state index >= 15 is 0 Å². The number of aliphatic carboxylic acids is 1. The zero-order chi connectivity index (χ0) is 12.0. The second kappa shape index (κ2) is 6.32. The molecular weight excluding hydrogens is 196 g/mol. The Morgan fingerprint density at radius 2 is 1.53 bits per heavy atom. The maximum absolute atomic E-state index is 11.4. The van der Waals surface area contributed by atoms with Crippen molar-refractivity contribution in [3.63, 3.8) is 0 Å². The minimum absolute atomic E-state index is 0.0975. The number of carbonyl (C=O) groups is 3. The van der Waals surface area contributed by atoms with Gasteiger partial charge in [0, 0.05) is 11.8 Å². The lowest BCUT2D eigenvalue weighted by Gasteiger charge is -2.09. The predicted octanol–water partition coefficient (Wildman–Crippen LogP) is 1.67. The van der Waals surface area contributed by atoms with Crippen LogP contribution < -0.4 is 0 Å². The van der Waals surface area contributed by atoms with Crippen molar-refractivity contribution in [1.29, 1.82) is 0 Å². The van der Waals surface area contributed by atoms with Gasteiger partial charge in [-0.05, 0) is 6.42 Å². The van der Waals surface area contributed by atoms with Crippen molar-refractivity contribution in [2.24, 2.45) is 11.8 Å². The molecule has 0 saturated heterocycles. The summed E-state index contributed by atoms with van der Waals surface area (Å²) in [5.41, 5.74) is 0. The van der Waals surface area contributed by atoms with Gasteiger partial charge in [-0.15, -0.1) is 0 Å². The summed E-state index contributed by atoms with van der Waals surface area (Å²) in [6.07, 6.45) is 0.371. The fourth-order valence-corrected chi connectivity index (χ4v) is 1.12. The SMILES string of the molecule is CCC(C)C(=O)CC(=O)C(C)CC(=O)O. The molecule has 0 radical (unpaired) electrons. The lowest BCUT2D eigenvalue weighted by molar-refractivity contribution is -0.141. The summed E-state index contributed by atoms with van der Waals surface area (Å²) < 4.78 is 0. The summed E-state index contributed by atoms with van der Waals surface area (Å²) in [5, 5.41) is 8.49. The maximum Gasteiger partial charge on any atom is 0.304 e. The Bertz CT molecular complexity index is 257. The monoisotopic (exact) mass is 214 g/mol. The molecule has 1 N–H and O–H groups in total. The predicted molar refractivity (Wildman–Crippen MR) is 55.5 cm³/mol. The van der Waals surface area contributed by atoms with Crippen LogP contribution >= 0.6 is 0 Å². The van der Waals surface area contributed by atoms with Crippen LogP contribution in [0.5, 0.6) is 0 Å². The van der Waals surface area contributed by atoms with E-state index < -0.39 is 11.9 Å². The molecule has 2 unspecified atom stereocenters. The highest BCUT2D eigenvalue weighted by Crippen LogP contribution is 2.11. The van der Waals surface area contributed by atoms with Crippen LogP contribution in [0.1, 0.15) is 40.0 Å². The molecule has 15 heavy (non-hydrogen) atoms. The van der Waals surface area contributed by atoms with E-state index in [9.17, 15) is 14.4 Å². The molecule has 0 aliphatic heterocycles. The molecule has 0 amide bonds. The minimum Gasteiger partial charge on any atom is -0.481 e. The number of carboxylic acids is 1. The van der Waals surface area contributed by atoms with Gasteiger partial charge in [0.1, 0.15) is 11.6 Å². The van der Waals surface area contributed by atoms with Crippen LogP contribution in [0.4, 0.5) is 0 Å². The number of hydrogen-bond acceptors (Lipinski definition) is 3. The molecule has 0 aromatic carbocycles. The van der Waals surface area contributed by atoms with Crippen LogP contribution in [-0.4, -0.2) is 22.6 Å². The number of carboxylic acid groups (broad SMARTS) is 1. The van der Waals surface area contributed by atoms with Crippen LogP contribution in [0.2, 0.25) is 0 Å². The first kappa shape index (κ1) is 13.8. The lowest BCUT2D eigenvalue weighted by Crippen LogP contribution is -2.21. The van der Waals surface area contributed by atoms with E-state index in [1.54, 1.807) is 13.8 Å². The standard InChI is InChI=1S/C11H18O4/c1-4-7(2)9(12)6-10(13)8(3)5-11(14)15/h7-8H,4-6H2,1-3H3,(H,14,15). The first-order valence-corrected chi connectivity index (χ1v) is 5.15. The van der Waals surface area contributed by atoms with Gasteiger partial charge in [0.2, 0.25) is 0 Å². The average Bonchev–Trinajstić information content (AvgIpc) is 2.15. The van der Waals surface area contributed by atoms with E-state index in [0.717, 1.165) is 0 Å². The smallest absolute Gasteiger partial charge is 0.304 e. The van der Waals surface area contributed by atoms with Crippen molar-refractivity contribution in [3.8, 4) is 0 Å². The molecule has 0 spiro atoms. The molecule has 0 aromatic rings. The molecule has 0 fully saturated rings. The lowest BCUT2D eigenvalue weighted by atomic mass is 9.93. The maximum atomic E-state index is 11.4. The molecule has 0 aliphatic carbocycles. The average molecular weight is 214 g/mol. The van der Waals surface area contributed by atoms with E-state index in [1.165, 1.54) is 0 Å². The van der Waals surface area contributed by atoms with Gasteiger partial charge in [-0.25, -0.2) is 0 Å². The summed E-state index contributed by atoms with van der Waals surface area (Å²) >= 11 is 0. The van der Waals surface area contributed by atoms with Crippen molar-refractivity contribution in [2.45, 2.75) is 40.0 Å². The van der Waals surface area contributed by atoms with E-state index in [-0.39, 0.29) is 30.3 Å². The van der Waals surface area contributed by atoms with E-state index in [1.807, 2.05) is 6.92 Å². The van der Waals surface area contributed by atoms with Gasteiger partial charge in [0.25, 0.3) is 0 Å². The third kappa shape index (κ3) is 5.30. The fraction of sp³-hybridized carbons (Fsp3) is 0.727. The van der Waals surface area contributed by atoms with Gasteiger partial charge in [-0.2, -0.15) is 0 Å². The first-order chi connectivity index (χ1) is 6.88. The van der Waals surface area contributed by atoms with Gasteiger partial charge >= 0.3 is 5.97 Å². The van der Waals surface area contributed by atoms with Crippen LogP contribution in [0.15, 0.2) is 0 Å². The first-order valence-electron chi connectivity index (χ1n) is 5.15. The van der Waals surface area contributed by atoms with Crippen molar-refractivity contribution in [3.05, 3.63) is 0 Å². The number of Topliss-reactive ketones (excluding diaryl/α,β-unsaturated/α-hetero) is 2. The number of carbonyl (C=O) groups excluding carboxylic acids is 2. The largest absolute Gasteiger partial charge is 0.481 e. The Balaban J connectivity index is 4.13. The molecule has 4 nitrogen and oxygen atoms in total. The Hall–Kier alpha value is -1.19. The third-order valence-electron chi connectivity index (χ3n) is 2.54. The van der Waals surface area contributed by atoms with Gasteiger partial charge in [-0.3, -0.25) is 14.4 Å². The van der Waals surface area contributed by atoms with Crippen LogP contribution in [0.3, 0.4) is 0 Å². The van der Waals surface area contributed by atoms with Gasteiger partial charge in [0.15, 0.2) is 0 Å². The zero-order valence-corrected chi connectivity index (χ0v) is 9.45. The topological polar surface area (TPSA) is 71.4 Å². The highest BCUT2D eigenvalue weighted by atomic mass is 16.4. The Labute approximate surface area is 89.7 Å². The van der Waals surface area contributed by atoms with Crippen molar-refractivity contribution in [2.75, 3.05) is 0 Å². The van der Waals surface area contributed by atoms with Gasteiger partial charge in [-0.1, -0.05) is 20.8 Å². The minimum atomic E-state index is -1.01. The molecule has 2 atom stereocenters. The normalized spacial score (nSPS) is 14.3. The van der Waals surface area contributed by atoms with Crippen molar-refractivity contribution < 1.29 is 19.5 Å². The molecule has 0 rings (SSSR count).